The summed E-state index contributed by atoms with van der Waals surface area (Å²) in [5.41, 5.74) is 17.3. The molecule has 6 nitrogen and oxygen atoms in total. The van der Waals surface area contributed by atoms with Crippen molar-refractivity contribution in [2.75, 3.05) is 19.6 Å². The van der Waals surface area contributed by atoms with Gasteiger partial charge in [-0.25, -0.2) is 4.99 Å². The molecular weight excluding hydrogens is 216 g/mol. The lowest BCUT2D eigenvalue weighted by atomic mass is 10.3. The predicted octanol–water partition coefficient (Wildman–Crippen LogP) is -0.0895. The lowest BCUT2D eigenvalue weighted by Crippen LogP contribution is -2.32. The van der Waals surface area contributed by atoms with E-state index in [-0.39, 0.29) is 5.96 Å². The van der Waals surface area contributed by atoms with Crippen molar-refractivity contribution >= 4 is 11.9 Å². The first kappa shape index (κ1) is 15.3. The Balaban J connectivity index is 3.54. The maximum Gasteiger partial charge on any atom is 0.188 e. The molecule has 0 unspecified atom stereocenters. The van der Waals surface area contributed by atoms with Gasteiger partial charge >= 0.3 is 0 Å². The van der Waals surface area contributed by atoms with Crippen LogP contribution >= 0.6 is 0 Å². The summed E-state index contributed by atoms with van der Waals surface area (Å²) in [6.07, 6.45) is 3.90. The Kier molecular flexibility index (Phi) is 8.54. The molecule has 0 aromatic carbocycles. The predicted molar refractivity (Wildman–Crippen MR) is 73.8 cm³/mol. The number of aliphatic imine (C=N–C) groups is 2. The number of guanidine groups is 2. The molecule has 98 valence electrons. The first-order valence-corrected chi connectivity index (χ1v) is 5.75. The van der Waals surface area contributed by atoms with Crippen molar-refractivity contribution in [3.05, 3.63) is 11.6 Å². The number of nitrogens with one attached hydrogen (secondary N) is 1. The van der Waals surface area contributed by atoms with Crippen LogP contribution in [0.5, 0.6) is 0 Å². The molecule has 0 spiro atoms. The fourth-order valence-corrected chi connectivity index (χ4v) is 1.04. The highest BCUT2D eigenvalue weighted by molar-refractivity contribution is 5.77. The highest BCUT2D eigenvalue weighted by atomic mass is 15.1. The number of nitrogens with zero attached hydrogens (tertiary/aromatic N) is 2. The SMILES string of the molecule is CC(C)=CCN=C(N)NCCCCN=C(N)N. The normalized spacial score (nSPS) is 10.8. The van der Waals surface area contributed by atoms with Gasteiger partial charge in [-0.05, 0) is 26.7 Å². The Morgan fingerprint density at radius 1 is 1.12 bits per heavy atom. The molecule has 7 N–H and O–H groups in total. The van der Waals surface area contributed by atoms with Crippen molar-refractivity contribution in [2.45, 2.75) is 26.7 Å². The summed E-state index contributed by atoms with van der Waals surface area (Å²) in [4.78, 5) is 8.04. The van der Waals surface area contributed by atoms with Crippen LogP contribution < -0.4 is 22.5 Å². The number of hydrogen-bond acceptors (Lipinski definition) is 2. The van der Waals surface area contributed by atoms with Crippen LogP contribution in [0.15, 0.2) is 21.6 Å². The first-order valence-electron chi connectivity index (χ1n) is 5.75. The van der Waals surface area contributed by atoms with E-state index in [9.17, 15) is 0 Å². The smallest absolute Gasteiger partial charge is 0.188 e. The monoisotopic (exact) mass is 240 g/mol. The van der Waals surface area contributed by atoms with Crippen molar-refractivity contribution in [3.63, 3.8) is 0 Å². The third-order valence-corrected chi connectivity index (χ3v) is 1.95. The second kappa shape index (κ2) is 9.50. The van der Waals surface area contributed by atoms with Gasteiger partial charge in [0.1, 0.15) is 0 Å². The highest BCUT2D eigenvalue weighted by Crippen LogP contribution is 1.89. The topological polar surface area (TPSA) is 115 Å². The highest BCUT2D eigenvalue weighted by Gasteiger charge is 1.91. The van der Waals surface area contributed by atoms with Crippen LogP contribution in [0.3, 0.4) is 0 Å². The molecular formula is C11H24N6. The lowest BCUT2D eigenvalue weighted by Gasteiger charge is -2.04. The Hall–Kier alpha value is -1.72. The van der Waals surface area contributed by atoms with Crippen LogP contribution in [0.1, 0.15) is 26.7 Å². The maximum absolute atomic E-state index is 5.66. The van der Waals surface area contributed by atoms with E-state index in [1.54, 1.807) is 0 Å². The van der Waals surface area contributed by atoms with Gasteiger partial charge in [0.25, 0.3) is 0 Å². The summed E-state index contributed by atoms with van der Waals surface area (Å²) in [6.45, 7) is 6.11. The second-order valence-electron chi connectivity index (χ2n) is 3.95. The van der Waals surface area contributed by atoms with Gasteiger partial charge in [0, 0.05) is 13.1 Å². The van der Waals surface area contributed by atoms with Crippen LogP contribution in [-0.2, 0) is 0 Å². The molecule has 0 fully saturated rings. The van der Waals surface area contributed by atoms with E-state index in [2.05, 4.69) is 15.3 Å². The lowest BCUT2D eigenvalue weighted by molar-refractivity contribution is 0.714. The number of allylic oxidation sites excluding steroid dienone is 1. The molecule has 0 aliphatic heterocycles. The minimum absolute atomic E-state index is 0.140. The first-order chi connectivity index (χ1) is 8.02. The number of unbranched alkanes of at least 4 members (excludes halogenated alkanes) is 1. The minimum Gasteiger partial charge on any atom is -0.370 e. The summed E-state index contributed by atoms with van der Waals surface area (Å²) >= 11 is 0. The maximum atomic E-state index is 5.66. The average molecular weight is 240 g/mol. The van der Waals surface area contributed by atoms with E-state index in [4.69, 9.17) is 17.2 Å². The summed E-state index contributed by atoms with van der Waals surface area (Å²) in [6, 6.07) is 0. The molecule has 0 saturated carbocycles. The molecule has 0 aromatic rings. The van der Waals surface area contributed by atoms with E-state index < -0.39 is 0 Å². The van der Waals surface area contributed by atoms with Gasteiger partial charge in [-0.2, -0.15) is 0 Å². The average Bonchev–Trinajstić information content (AvgIpc) is 2.22. The zero-order valence-corrected chi connectivity index (χ0v) is 10.7. The fraction of sp³-hybridized carbons (Fsp3) is 0.636. The summed E-state index contributed by atoms with van der Waals surface area (Å²) in [5.74, 6) is 0.616. The standard InChI is InChI=1S/C11H24N6/c1-9(2)5-8-17-11(14)16-7-4-3-6-15-10(12)13/h5H,3-4,6-8H2,1-2H3,(H4,12,13,15)(H3,14,16,17). The second-order valence-corrected chi connectivity index (χ2v) is 3.95. The molecule has 0 rings (SSSR count). The van der Waals surface area contributed by atoms with Crippen molar-refractivity contribution < 1.29 is 0 Å². The molecule has 0 heterocycles. The molecule has 0 atom stereocenters. The Labute approximate surface area is 103 Å². The van der Waals surface area contributed by atoms with Crippen molar-refractivity contribution in [1.29, 1.82) is 0 Å². The van der Waals surface area contributed by atoms with Gasteiger partial charge in [0.2, 0.25) is 0 Å². The molecule has 0 aromatic heterocycles. The van der Waals surface area contributed by atoms with E-state index in [1.165, 1.54) is 5.57 Å². The third-order valence-electron chi connectivity index (χ3n) is 1.95. The summed E-state index contributed by atoms with van der Waals surface area (Å²) in [7, 11) is 0. The molecule has 0 saturated heterocycles. The zero-order chi connectivity index (χ0) is 13.1. The van der Waals surface area contributed by atoms with Gasteiger partial charge in [-0.1, -0.05) is 11.6 Å². The summed E-state index contributed by atoms with van der Waals surface area (Å²) in [5, 5.41) is 3.03. The van der Waals surface area contributed by atoms with Crippen LogP contribution in [0.25, 0.3) is 0 Å². The summed E-state index contributed by atoms with van der Waals surface area (Å²) < 4.78 is 0. The number of rotatable bonds is 7. The van der Waals surface area contributed by atoms with E-state index in [0.717, 1.165) is 19.4 Å². The Morgan fingerprint density at radius 3 is 2.41 bits per heavy atom. The zero-order valence-electron chi connectivity index (χ0n) is 10.7. The van der Waals surface area contributed by atoms with Crippen molar-refractivity contribution in [1.82, 2.24) is 5.32 Å². The van der Waals surface area contributed by atoms with E-state index in [1.807, 2.05) is 19.9 Å². The van der Waals surface area contributed by atoms with Crippen LogP contribution in [0.2, 0.25) is 0 Å². The quantitative estimate of drug-likeness (QED) is 0.215. The van der Waals surface area contributed by atoms with Crippen molar-refractivity contribution in [3.8, 4) is 0 Å². The Morgan fingerprint density at radius 2 is 1.82 bits per heavy atom. The molecule has 17 heavy (non-hydrogen) atoms. The largest absolute Gasteiger partial charge is 0.370 e. The van der Waals surface area contributed by atoms with Crippen molar-refractivity contribution in [2.24, 2.45) is 27.2 Å². The van der Waals surface area contributed by atoms with Crippen LogP contribution in [0.4, 0.5) is 0 Å². The van der Waals surface area contributed by atoms with Gasteiger partial charge in [0.05, 0.1) is 6.54 Å². The number of nitrogens with two attached hydrogens (primary N) is 3. The molecule has 0 amide bonds. The fourth-order valence-electron chi connectivity index (χ4n) is 1.04. The van der Waals surface area contributed by atoms with Gasteiger partial charge in [-0.15, -0.1) is 0 Å². The van der Waals surface area contributed by atoms with Gasteiger partial charge in [0.15, 0.2) is 11.9 Å². The number of hydrogen-bond donors (Lipinski definition) is 4. The molecule has 0 bridgehead atoms. The molecule has 0 aliphatic rings. The molecule has 0 aliphatic carbocycles. The van der Waals surface area contributed by atoms with Gasteiger partial charge < -0.3 is 22.5 Å². The molecule has 6 heteroatoms. The third kappa shape index (κ3) is 12.2. The molecule has 0 radical (unpaired) electrons. The van der Waals surface area contributed by atoms with Gasteiger partial charge in [-0.3, -0.25) is 4.99 Å². The Bertz CT molecular complexity index is 284. The van der Waals surface area contributed by atoms with Crippen LogP contribution in [-0.4, -0.2) is 31.6 Å². The minimum atomic E-state index is 0.140. The van der Waals surface area contributed by atoms with E-state index in [0.29, 0.717) is 19.0 Å². The van der Waals surface area contributed by atoms with E-state index >= 15 is 0 Å². The van der Waals surface area contributed by atoms with Crippen LogP contribution in [0, 0.1) is 0 Å².